The molecular weight excluding hydrogens is 574 g/mol. The third-order valence-corrected chi connectivity index (χ3v) is 8.02. The third kappa shape index (κ3) is 5.05. The van der Waals surface area contributed by atoms with Gasteiger partial charge in [0.1, 0.15) is 6.61 Å². The van der Waals surface area contributed by atoms with E-state index in [0.717, 1.165) is 23.5 Å². The van der Waals surface area contributed by atoms with E-state index in [2.05, 4.69) is 20.3 Å². The fraction of sp³-hybridized carbons (Fsp3) is 0.444. The zero-order chi connectivity index (χ0) is 29.8. The number of aliphatic hydroxyl groups is 1. The van der Waals surface area contributed by atoms with Gasteiger partial charge in [-0.05, 0) is 30.5 Å². The molecule has 6 rings (SSSR count). The molecule has 2 aliphatic carbocycles. The van der Waals surface area contributed by atoms with Gasteiger partial charge >= 0.3 is 6.09 Å². The topological polar surface area (TPSA) is 145 Å². The predicted molar refractivity (Wildman–Crippen MR) is 147 cm³/mol. The molecule has 2 N–H and O–H groups in total. The Kier molecular flexibility index (Phi) is 7.27. The minimum atomic E-state index is -1.27. The normalized spacial score (nSPS) is 22.2. The number of benzene rings is 1. The lowest BCUT2D eigenvalue weighted by molar-refractivity contribution is -0.127. The van der Waals surface area contributed by atoms with Gasteiger partial charge < -0.3 is 24.4 Å². The van der Waals surface area contributed by atoms with Crippen LogP contribution in [0.4, 0.5) is 19.4 Å². The lowest BCUT2D eigenvalue weighted by Gasteiger charge is -2.20. The standard InChI is InChI=1S/C27H28F2N6O6S/c1-4-9-42-25-30-23(34(26(37)38)17-11-14(17)13-5-6-15(28)16(29)10-13)20-24(31-25)35(33-32-20)18-12-19(39-8-7-36)22-21(18)40-27(2,3)41-22/h5-6,10,12,14,17,21,36H,4,7-9,11H2,1-3H3,(H,37,38)/t14-,17+,21-/m0/s1. The summed E-state index contributed by atoms with van der Waals surface area (Å²) in [6.45, 7) is 5.34. The van der Waals surface area contributed by atoms with Crippen LogP contribution < -0.4 is 4.90 Å². The number of amides is 1. The van der Waals surface area contributed by atoms with E-state index in [-0.39, 0.29) is 36.1 Å². The molecule has 12 nitrogen and oxygen atoms in total. The predicted octanol–water partition coefficient (Wildman–Crippen LogP) is 4.27. The van der Waals surface area contributed by atoms with Gasteiger partial charge in [-0.3, -0.25) is 4.90 Å². The molecule has 1 aliphatic heterocycles. The summed E-state index contributed by atoms with van der Waals surface area (Å²) in [5.41, 5.74) is 1.36. The van der Waals surface area contributed by atoms with Gasteiger partial charge in [0.15, 0.2) is 51.4 Å². The van der Waals surface area contributed by atoms with Gasteiger partial charge in [0, 0.05) is 37.6 Å². The molecule has 0 unspecified atom stereocenters. The first kappa shape index (κ1) is 28.3. The summed E-state index contributed by atoms with van der Waals surface area (Å²) >= 11 is 1.36. The lowest BCUT2D eigenvalue weighted by atomic mass is 10.1. The quantitative estimate of drug-likeness (QED) is 0.254. The summed E-state index contributed by atoms with van der Waals surface area (Å²) in [7, 11) is 0. The van der Waals surface area contributed by atoms with Crippen molar-refractivity contribution in [3.8, 4) is 0 Å². The van der Waals surface area contributed by atoms with Crippen LogP contribution in [0.1, 0.15) is 45.1 Å². The molecule has 3 atom stereocenters. The Hall–Kier alpha value is -3.82. The first-order valence-corrected chi connectivity index (χ1v) is 14.4. The number of aliphatic hydroxyl groups excluding tert-OH is 1. The minimum absolute atomic E-state index is 0.0371. The van der Waals surface area contributed by atoms with Crippen LogP contribution >= 0.6 is 11.8 Å². The maximum absolute atomic E-state index is 13.9. The number of carbonyl (C=O) groups is 1. The van der Waals surface area contributed by atoms with Gasteiger partial charge in [-0.15, -0.1) is 5.10 Å². The van der Waals surface area contributed by atoms with E-state index in [0.29, 0.717) is 40.1 Å². The molecule has 222 valence electrons. The van der Waals surface area contributed by atoms with Crippen molar-refractivity contribution in [3.63, 3.8) is 0 Å². The van der Waals surface area contributed by atoms with Crippen molar-refractivity contribution >= 4 is 40.5 Å². The Morgan fingerprint density at radius 1 is 1.29 bits per heavy atom. The number of aromatic nitrogens is 5. The van der Waals surface area contributed by atoms with E-state index in [9.17, 15) is 23.8 Å². The number of hydrogen-bond acceptors (Lipinski definition) is 10. The number of fused-ring (bicyclic) bond motifs is 2. The molecule has 0 radical (unpaired) electrons. The summed E-state index contributed by atoms with van der Waals surface area (Å²) < 4.78 is 46.7. The monoisotopic (exact) mass is 602 g/mol. The molecule has 1 amide bonds. The first-order chi connectivity index (χ1) is 20.1. The largest absolute Gasteiger partial charge is 0.487 e. The van der Waals surface area contributed by atoms with Gasteiger partial charge in [-0.1, -0.05) is 30.0 Å². The minimum Gasteiger partial charge on any atom is -0.487 e. The van der Waals surface area contributed by atoms with Gasteiger partial charge in [0.25, 0.3) is 0 Å². The molecule has 1 saturated heterocycles. The highest BCUT2D eigenvalue weighted by Gasteiger charge is 2.49. The van der Waals surface area contributed by atoms with E-state index >= 15 is 0 Å². The number of anilines is 1. The van der Waals surface area contributed by atoms with Crippen LogP contribution in [0, 0.1) is 11.6 Å². The Labute approximate surface area is 243 Å². The van der Waals surface area contributed by atoms with E-state index in [1.807, 2.05) is 6.92 Å². The number of rotatable bonds is 10. The zero-order valence-corrected chi connectivity index (χ0v) is 23.8. The van der Waals surface area contributed by atoms with Crippen molar-refractivity contribution in [2.45, 2.75) is 62.6 Å². The number of thioether (sulfide) groups is 1. The number of allylic oxidation sites excluding steroid dienone is 1. The highest BCUT2D eigenvalue weighted by atomic mass is 32.2. The maximum Gasteiger partial charge on any atom is 0.413 e. The molecule has 3 heterocycles. The fourth-order valence-corrected chi connectivity index (χ4v) is 5.80. The van der Waals surface area contributed by atoms with Crippen molar-refractivity contribution in [3.05, 3.63) is 53.0 Å². The summed E-state index contributed by atoms with van der Waals surface area (Å²) in [6.07, 6.45) is 0.897. The Bertz CT molecular complexity index is 1630. The molecule has 3 aliphatic rings. The van der Waals surface area contributed by atoms with E-state index in [1.165, 1.54) is 22.5 Å². The van der Waals surface area contributed by atoms with Crippen LogP contribution in [0.2, 0.25) is 0 Å². The van der Waals surface area contributed by atoms with Crippen molar-refractivity contribution in [1.82, 2.24) is 25.0 Å². The zero-order valence-electron chi connectivity index (χ0n) is 23.0. The van der Waals surface area contributed by atoms with Crippen LogP contribution in [-0.4, -0.2) is 78.2 Å². The maximum atomic E-state index is 13.9. The molecule has 2 aromatic heterocycles. The second-order valence-electron chi connectivity index (χ2n) is 10.5. The van der Waals surface area contributed by atoms with Crippen LogP contribution in [0.3, 0.4) is 0 Å². The highest BCUT2D eigenvalue weighted by Crippen LogP contribution is 2.48. The van der Waals surface area contributed by atoms with Crippen LogP contribution in [0.15, 0.2) is 40.9 Å². The summed E-state index contributed by atoms with van der Waals surface area (Å²) in [5.74, 6) is -1.78. The summed E-state index contributed by atoms with van der Waals surface area (Å²) in [4.78, 5) is 23.0. The Morgan fingerprint density at radius 2 is 2.10 bits per heavy atom. The average Bonchev–Trinajstić information content (AvgIpc) is 3.32. The average molecular weight is 603 g/mol. The lowest BCUT2D eigenvalue weighted by Crippen LogP contribution is -2.33. The summed E-state index contributed by atoms with van der Waals surface area (Å²) in [5, 5.41) is 28.5. The van der Waals surface area contributed by atoms with Crippen molar-refractivity contribution < 1.29 is 38.0 Å². The van der Waals surface area contributed by atoms with Gasteiger partial charge in [-0.25, -0.2) is 23.5 Å². The molecule has 1 aromatic carbocycles. The molecule has 42 heavy (non-hydrogen) atoms. The molecule has 15 heteroatoms. The van der Waals surface area contributed by atoms with Crippen LogP contribution in [0.25, 0.3) is 16.9 Å². The van der Waals surface area contributed by atoms with Crippen molar-refractivity contribution in [1.29, 1.82) is 0 Å². The number of halogens is 2. The van der Waals surface area contributed by atoms with Crippen molar-refractivity contribution in [2.24, 2.45) is 0 Å². The number of hydrogen-bond donors (Lipinski definition) is 2. The molecular formula is C27H28F2N6O6S. The number of carboxylic acid groups (broad SMARTS) is 1. The molecule has 1 saturated carbocycles. The molecule has 0 bridgehead atoms. The molecule has 2 fully saturated rings. The summed E-state index contributed by atoms with van der Waals surface area (Å²) in [6, 6.07) is 3.00. The van der Waals surface area contributed by atoms with Gasteiger partial charge in [0.05, 0.1) is 12.3 Å². The number of ether oxygens (including phenoxy) is 3. The van der Waals surface area contributed by atoms with Gasteiger partial charge in [-0.2, -0.15) is 4.68 Å². The smallest absolute Gasteiger partial charge is 0.413 e. The second kappa shape index (κ2) is 10.8. The Morgan fingerprint density at radius 3 is 2.81 bits per heavy atom. The Balaban J connectivity index is 1.42. The van der Waals surface area contributed by atoms with E-state index < -0.39 is 35.7 Å². The van der Waals surface area contributed by atoms with E-state index in [4.69, 9.17) is 14.2 Å². The first-order valence-electron chi connectivity index (χ1n) is 13.4. The third-order valence-electron chi connectivity index (χ3n) is 6.97. The van der Waals surface area contributed by atoms with Crippen LogP contribution in [0.5, 0.6) is 0 Å². The highest BCUT2D eigenvalue weighted by molar-refractivity contribution is 7.99. The number of nitrogens with zero attached hydrogens (tertiary/aromatic N) is 6. The molecule has 3 aromatic rings. The van der Waals surface area contributed by atoms with Crippen LogP contribution in [-0.2, 0) is 14.2 Å². The molecule has 0 spiro atoms. The van der Waals surface area contributed by atoms with Gasteiger partial charge in [0.2, 0.25) is 5.79 Å². The van der Waals surface area contributed by atoms with E-state index in [1.54, 1.807) is 19.9 Å². The second-order valence-corrected chi connectivity index (χ2v) is 11.5. The van der Waals surface area contributed by atoms with Crippen molar-refractivity contribution in [2.75, 3.05) is 23.9 Å². The SMILES string of the molecule is CCCSc1nc(N(C(=O)O)[C@@H]2C[C@H]2c2ccc(F)c(F)c2)c2nnn(C3=CC(OCCO)=C4OC(C)(C)O[C@@H]34)c2n1. The fourth-order valence-electron chi connectivity index (χ4n) is 5.11.